The number of nitrogens with zero attached hydrogens (tertiary/aromatic N) is 2. The summed E-state index contributed by atoms with van der Waals surface area (Å²) in [6.07, 6.45) is 1.44. The first-order valence-electron chi connectivity index (χ1n) is 9.91. The Bertz CT molecular complexity index is 1010. The van der Waals surface area contributed by atoms with Crippen molar-refractivity contribution >= 4 is 17.4 Å². The molecule has 1 heterocycles. The smallest absolute Gasteiger partial charge is 0.330 e. The minimum absolute atomic E-state index is 0.0330. The number of nitrogens with one attached hydrogen (secondary N) is 1. The molecule has 0 spiro atoms. The van der Waals surface area contributed by atoms with Gasteiger partial charge in [-0.2, -0.15) is 0 Å². The van der Waals surface area contributed by atoms with Gasteiger partial charge in [0.25, 0.3) is 11.5 Å². The van der Waals surface area contributed by atoms with Gasteiger partial charge in [0, 0.05) is 19.2 Å². The van der Waals surface area contributed by atoms with Crippen molar-refractivity contribution in [2.75, 3.05) is 31.4 Å². The molecule has 1 aromatic heterocycles. The molecule has 0 saturated carbocycles. The van der Waals surface area contributed by atoms with E-state index in [0.29, 0.717) is 24.5 Å². The first kappa shape index (κ1) is 23.1. The van der Waals surface area contributed by atoms with Crippen LogP contribution in [0.1, 0.15) is 44.0 Å². The van der Waals surface area contributed by atoms with Crippen molar-refractivity contribution in [1.29, 1.82) is 0 Å². The third-order valence-electron chi connectivity index (χ3n) is 4.65. The van der Waals surface area contributed by atoms with E-state index < -0.39 is 17.2 Å². The van der Waals surface area contributed by atoms with Crippen molar-refractivity contribution in [1.82, 2.24) is 9.55 Å². The Morgan fingerprint density at radius 3 is 2.50 bits per heavy atom. The number of nitrogens with two attached hydrogens (primary N) is 1. The predicted molar refractivity (Wildman–Crippen MR) is 117 cm³/mol. The molecule has 2 aromatic rings. The molecule has 30 heavy (non-hydrogen) atoms. The molecule has 1 amide bonds. The van der Waals surface area contributed by atoms with Crippen molar-refractivity contribution in [2.24, 2.45) is 5.92 Å². The number of H-pyrrole nitrogens is 1. The first-order valence-corrected chi connectivity index (χ1v) is 9.91. The number of nitrogen functional groups attached to an aromatic ring is 1. The highest BCUT2D eigenvalue weighted by Crippen LogP contribution is 2.28. The molecule has 9 heteroatoms. The Hall–Kier alpha value is -3.23. The largest absolute Gasteiger partial charge is 0.497 e. The number of methoxy groups -OCH3 is 2. The number of carbonyl (C=O) groups is 1. The lowest BCUT2D eigenvalue weighted by Crippen LogP contribution is -2.42. The Morgan fingerprint density at radius 2 is 1.93 bits per heavy atom. The van der Waals surface area contributed by atoms with E-state index in [1.165, 1.54) is 23.7 Å². The monoisotopic (exact) mass is 418 g/mol. The molecule has 0 aliphatic heterocycles. The summed E-state index contributed by atoms with van der Waals surface area (Å²) >= 11 is 0. The molecular formula is C21H30N4O5. The molecule has 0 atom stereocenters. The molecule has 0 aliphatic carbocycles. The molecule has 1 aromatic carbocycles. The van der Waals surface area contributed by atoms with Crippen molar-refractivity contribution in [2.45, 2.75) is 40.2 Å². The topological polar surface area (TPSA) is 120 Å². The number of unbranched alkanes of at least 4 members (excludes halogenated alkanes) is 1. The zero-order chi connectivity index (χ0) is 22.4. The third kappa shape index (κ3) is 4.84. The molecule has 0 radical (unpaired) electrons. The average molecular weight is 418 g/mol. The SMILES string of the molecule is CCCCN(C(=O)c1ccc(OC)cc1OC)c1c(N)n(CC(C)C)c(=O)[nH]c1=O. The van der Waals surface area contributed by atoms with Gasteiger partial charge >= 0.3 is 5.69 Å². The van der Waals surface area contributed by atoms with E-state index in [9.17, 15) is 14.4 Å². The highest BCUT2D eigenvalue weighted by atomic mass is 16.5. The summed E-state index contributed by atoms with van der Waals surface area (Å²) in [6.45, 7) is 6.41. The molecule has 0 aliphatic rings. The van der Waals surface area contributed by atoms with Crippen LogP contribution in [0.15, 0.2) is 27.8 Å². The second kappa shape index (κ2) is 10.00. The number of hydrogen-bond acceptors (Lipinski definition) is 6. The minimum atomic E-state index is -0.700. The number of hydrogen-bond donors (Lipinski definition) is 2. The van der Waals surface area contributed by atoms with E-state index in [1.54, 1.807) is 18.2 Å². The van der Waals surface area contributed by atoms with Crippen LogP contribution in [0, 0.1) is 5.92 Å². The van der Waals surface area contributed by atoms with Gasteiger partial charge in [-0.05, 0) is 24.5 Å². The number of rotatable bonds is 9. The number of benzene rings is 1. The Labute approximate surface area is 175 Å². The molecule has 9 nitrogen and oxygen atoms in total. The lowest BCUT2D eigenvalue weighted by Gasteiger charge is -2.25. The Kier molecular flexibility index (Phi) is 7.68. The van der Waals surface area contributed by atoms with E-state index in [1.807, 2.05) is 20.8 Å². The highest BCUT2D eigenvalue weighted by molar-refractivity contribution is 6.09. The van der Waals surface area contributed by atoms with E-state index in [4.69, 9.17) is 15.2 Å². The number of carbonyl (C=O) groups excluding carboxylic acids is 1. The maximum atomic E-state index is 13.5. The fourth-order valence-corrected chi connectivity index (χ4v) is 3.14. The van der Waals surface area contributed by atoms with Gasteiger partial charge in [-0.3, -0.25) is 19.1 Å². The van der Waals surface area contributed by atoms with Crippen LogP contribution in [0.25, 0.3) is 0 Å². The normalized spacial score (nSPS) is 10.9. The van der Waals surface area contributed by atoms with E-state index in [-0.39, 0.29) is 29.5 Å². The van der Waals surface area contributed by atoms with Gasteiger partial charge in [-0.1, -0.05) is 27.2 Å². The minimum Gasteiger partial charge on any atom is -0.497 e. The summed E-state index contributed by atoms with van der Waals surface area (Å²) in [7, 11) is 2.97. The van der Waals surface area contributed by atoms with Crippen LogP contribution in [0.3, 0.4) is 0 Å². The fourth-order valence-electron chi connectivity index (χ4n) is 3.14. The van der Waals surface area contributed by atoms with Crippen LogP contribution in [-0.4, -0.2) is 36.2 Å². The molecule has 0 fully saturated rings. The molecule has 3 N–H and O–H groups in total. The van der Waals surface area contributed by atoms with Crippen LogP contribution in [0.4, 0.5) is 11.5 Å². The average Bonchev–Trinajstić information content (AvgIpc) is 2.72. The maximum absolute atomic E-state index is 13.5. The summed E-state index contributed by atoms with van der Waals surface area (Å²) in [4.78, 5) is 42.1. The van der Waals surface area contributed by atoms with Gasteiger partial charge in [-0.15, -0.1) is 0 Å². The maximum Gasteiger partial charge on any atom is 0.330 e. The van der Waals surface area contributed by atoms with Gasteiger partial charge in [-0.25, -0.2) is 4.79 Å². The van der Waals surface area contributed by atoms with Gasteiger partial charge in [0.15, 0.2) is 5.69 Å². The molecule has 0 bridgehead atoms. The van der Waals surface area contributed by atoms with Gasteiger partial charge < -0.3 is 20.1 Å². The summed E-state index contributed by atoms with van der Waals surface area (Å²) in [5.74, 6) is 0.479. The molecule has 164 valence electrons. The zero-order valence-electron chi connectivity index (χ0n) is 18.2. The second-order valence-electron chi connectivity index (χ2n) is 7.37. The van der Waals surface area contributed by atoms with Crippen molar-refractivity contribution in [3.05, 3.63) is 44.6 Å². The number of ether oxygens (including phenoxy) is 2. The quantitative estimate of drug-likeness (QED) is 0.644. The standard InChI is InChI=1S/C21H30N4O5/c1-6-7-10-24(20(27)15-9-8-14(29-4)11-16(15)30-5)17-18(22)25(12-13(2)3)21(28)23-19(17)26/h8-9,11,13H,6-7,10,12,22H2,1-5H3,(H,23,26,28). The molecular weight excluding hydrogens is 388 g/mol. The predicted octanol–water partition coefficient (Wildman–Crippen LogP) is 2.24. The Morgan fingerprint density at radius 1 is 1.23 bits per heavy atom. The molecule has 0 saturated heterocycles. The summed E-state index contributed by atoms with van der Waals surface area (Å²) in [6, 6.07) is 4.81. The van der Waals surface area contributed by atoms with Crippen LogP contribution in [-0.2, 0) is 6.54 Å². The van der Waals surface area contributed by atoms with Crippen LogP contribution < -0.4 is 31.4 Å². The van der Waals surface area contributed by atoms with Crippen molar-refractivity contribution in [3.8, 4) is 11.5 Å². The summed E-state index contributed by atoms with van der Waals surface area (Å²) < 4.78 is 11.8. The number of amides is 1. The lowest BCUT2D eigenvalue weighted by molar-refractivity contribution is 0.0983. The fraction of sp³-hybridized carbons (Fsp3) is 0.476. The van der Waals surface area contributed by atoms with Crippen molar-refractivity contribution in [3.63, 3.8) is 0 Å². The van der Waals surface area contributed by atoms with E-state index in [0.717, 1.165) is 6.42 Å². The van der Waals surface area contributed by atoms with Gasteiger partial charge in [0.2, 0.25) is 0 Å². The first-order chi connectivity index (χ1) is 14.2. The number of aromatic amines is 1. The zero-order valence-corrected chi connectivity index (χ0v) is 18.2. The highest BCUT2D eigenvalue weighted by Gasteiger charge is 2.27. The second-order valence-corrected chi connectivity index (χ2v) is 7.37. The van der Waals surface area contributed by atoms with E-state index >= 15 is 0 Å². The van der Waals surface area contributed by atoms with Crippen LogP contribution in [0.5, 0.6) is 11.5 Å². The number of aromatic nitrogens is 2. The third-order valence-corrected chi connectivity index (χ3v) is 4.65. The van der Waals surface area contributed by atoms with Crippen molar-refractivity contribution < 1.29 is 14.3 Å². The Balaban J connectivity index is 2.65. The number of anilines is 2. The van der Waals surface area contributed by atoms with Gasteiger partial charge in [0.05, 0.1) is 19.8 Å². The van der Waals surface area contributed by atoms with Crippen LogP contribution in [0.2, 0.25) is 0 Å². The molecule has 2 rings (SSSR count). The summed E-state index contributed by atoms with van der Waals surface area (Å²) in [5.41, 5.74) is 5.16. The summed E-state index contributed by atoms with van der Waals surface area (Å²) in [5, 5.41) is 0. The van der Waals surface area contributed by atoms with Crippen LogP contribution >= 0.6 is 0 Å². The van der Waals surface area contributed by atoms with Gasteiger partial charge in [0.1, 0.15) is 17.3 Å². The lowest BCUT2D eigenvalue weighted by atomic mass is 10.1. The molecule has 0 unspecified atom stereocenters. The van der Waals surface area contributed by atoms with E-state index in [2.05, 4.69) is 4.98 Å².